The molecule has 122 valence electrons. The van der Waals surface area contributed by atoms with E-state index >= 15 is 0 Å². The minimum Gasteiger partial charge on any atom is -0.384 e. The highest BCUT2D eigenvalue weighted by Crippen LogP contribution is 2.21. The van der Waals surface area contributed by atoms with Crippen LogP contribution in [0, 0.1) is 13.8 Å². The molecule has 0 fully saturated rings. The van der Waals surface area contributed by atoms with Crippen LogP contribution in [0.25, 0.3) is 0 Å². The second kappa shape index (κ2) is 6.47. The maximum absolute atomic E-state index is 12.7. The highest BCUT2D eigenvalue weighted by atomic mass is 19.4. The zero-order chi connectivity index (χ0) is 16.3. The van der Waals surface area contributed by atoms with Crippen LogP contribution in [0.3, 0.4) is 0 Å². The van der Waals surface area contributed by atoms with Crippen LogP contribution in [0.15, 0.2) is 4.52 Å². The monoisotopic (exact) mass is 318 g/mol. The zero-order valence-corrected chi connectivity index (χ0v) is 12.6. The van der Waals surface area contributed by atoms with Crippen LogP contribution in [-0.4, -0.2) is 39.8 Å². The zero-order valence-electron chi connectivity index (χ0n) is 12.6. The van der Waals surface area contributed by atoms with Crippen LogP contribution < -0.4 is 0 Å². The molecule has 0 spiro atoms. The topological polar surface area (TPSA) is 66.0 Å². The largest absolute Gasteiger partial charge is 0.408 e. The van der Waals surface area contributed by atoms with Crippen molar-refractivity contribution in [3.05, 3.63) is 28.7 Å². The fourth-order valence-electron chi connectivity index (χ4n) is 2.06. The highest BCUT2D eigenvalue weighted by molar-refractivity contribution is 5.24. The van der Waals surface area contributed by atoms with E-state index in [4.69, 9.17) is 9.26 Å². The molecule has 0 aliphatic rings. The molecule has 9 heteroatoms. The maximum atomic E-state index is 12.7. The van der Waals surface area contributed by atoms with Gasteiger partial charge in [-0.05, 0) is 13.8 Å². The third kappa shape index (κ3) is 4.06. The van der Waals surface area contributed by atoms with Crippen molar-refractivity contribution in [2.75, 3.05) is 13.7 Å². The van der Waals surface area contributed by atoms with Gasteiger partial charge in [-0.25, -0.2) is 9.67 Å². The number of aromatic nitrogens is 4. The maximum Gasteiger partial charge on any atom is 0.408 e. The van der Waals surface area contributed by atoms with Gasteiger partial charge < -0.3 is 9.26 Å². The number of rotatable bonds is 6. The van der Waals surface area contributed by atoms with Gasteiger partial charge in [0.2, 0.25) is 0 Å². The van der Waals surface area contributed by atoms with Gasteiger partial charge in [-0.2, -0.15) is 18.3 Å². The van der Waals surface area contributed by atoms with Crippen molar-refractivity contribution in [2.24, 2.45) is 0 Å². The molecule has 2 rings (SSSR count). The van der Waals surface area contributed by atoms with E-state index in [0.29, 0.717) is 30.3 Å². The Morgan fingerprint density at radius 2 is 2.00 bits per heavy atom. The Kier molecular flexibility index (Phi) is 4.84. The summed E-state index contributed by atoms with van der Waals surface area (Å²) in [6.07, 6.45) is -3.81. The predicted octanol–water partition coefficient (Wildman–Crippen LogP) is 2.22. The molecule has 0 bridgehead atoms. The van der Waals surface area contributed by atoms with Crippen LogP contribution in [0.5, 0.6) is 0 Å². The van der Waals surface area contributed by atoms with Crippen molar-refractivity contribution in [3.63, 3.8) is 0 Å². The normalized spacial score (nSPS) is 12.1. The average Bonchev–Trinajstić information content (AvgIpc) is 2.93. The highest BCUT2D eigenvalue weighted by Gasteiger charge is 2.30. The van der Waals surface area contributed by atoms with Crippen LogP contribution >= 0.6 is 0 Å². The van der Waals surface area contributed by atoms with Gasteiger partial charge in [0.1, 0.15) is 18.1 Å². The van der Waals surface area contributed by atoms with Gasteiger partial charge in [-0.1, -0.05) is 5.16 Å². The number of alkyl halides is 3. The van der Waals surface area contributed by atoms with Gasteiger partial charge in [0, 0.05) is 25.5 Å². The molecule has 0 saturated carbocycles. The first kappa shape index (κ1) is 16.5. The Bertz CT molecular complexity index is 614. The molecule has 0 amide bonds. The van der Waals surface area contributed by atoms with E-state index in [9.17, 15) is 13.2 Å². The van der Waals surface area contributed by atoms with Gasteiger partial charge in [0.25, 0.3) is 0 Å². The van der Waals surface area contributed by atoms with Gasteiger partial charge >= 0.3 is 6.18 Å². The van der Waals surface area contributed by atoms with E-state index in [1.54, 1.807) is 13.8 Å². The molecule has 2 aromatic heterocycles. The summed E-state index contributed by atoms with van der Waals surface area (Å²) in [5, 5.41) is 7.73. The second-order valence-electron chi connectivity index (χ2n) is 4.94. The molecule has 0 N–H and O–H groups in total. The molecule has 0 atom stereocenters. The molecule has 0 unspecified atom stereocenters. The molecule has 2 aromatic rings. The Labute approximate surface area is 125 Å². The van der Waals surface area contributed by atoms with E-state index in [2.05, 4.69) is 15.2 Å². The molecule has 6 nitrogen and oxygen atoms in total. The molecule has 0 saturated heterocycles. The molecular weight excluding hydrogens is 301 g/mol. The minimum atomic E-state index is -4.36. The standard InChI is InChI=1S/C13H17F3N4O2/c1-8-10(9(2)22-19-8)6-12-17-11(4-5-21-3)18-20(12)7-13(14,15)16/h4-7H2,1-3H3. The predicted molar refractivity (Wildman–Crippen MR) is 70.4 cm³/mol. The lowest BCUT2D eigenvalue weighted by Gasteiger charge is -2.08. The Balaban J connectivity index is 2.29. The summed E-state index contributed by atoms with van der Waals surface area (Å²) < 4.78 is 48.8. The first-order valence-corrected chi connectivity index (χ1v) is 6.70. The fraction of sp³-hybridized carbons (Fsp3) is 0.615. The van der Waals surface area contributed by atoms with E-state index in [0.717, 1.165) is 10.2 Å². The quantitative estimate of drug-likeness (QED) is 0.817. The SMILES string of the molecule is COCCc1nc(Cc2c(C)noc2C)n(CC(F)(F)F)n1. The van der Waals surface area contributed by atoms with E-state index < -0.39 is 12.7 Å². The van der Waals surface area contributed by atoms with Gasteiger partial charge in [-0.15, -0.1) is 0 Å². The third-order valence-corrected chi connectivity index (χ3v) is 3.17. The molecular formula is C13H17F3N4O2. The van der Waals surface area contributed by atoms with Crippen molar-refractivity contribution in [3.8, 4) is 0 Å². The van der Waals surface area contributed by atoms with Crippen molar-refractivity contribution >= 4 is 0 Å². The van der Waals surface area contributed by atoms with Crippen molar-refractivity contribution in [2.45, 2.75) is 39.4 Å². The lowest BCUT2D eigenvalue weighted by Crippen LogP contribution is -2.21. The third-order valence-electron chi connectivity index (χ3n) is 3.17. The van der Waals surface area contributed by atoms with Crippen LogP contribution in [-0.2, 0) is 24.1 Å². The number of methoxy groups -OCH3 is 1. The molecule has 2 heterocycles. The molecule has 0 aliphatic carbocycles. The molecule has 0 aliphatic heterocycles. The number of aryl methyl sites for hydroxylation is 2. The van der Waals surface area contributed by atoms with Crippen molar-refractivity contribution in [1.29, 1.82) is 0 Å². The molecule has 0 aromatic carbocycles. The lowest BCUT2D eigenvalue weighted by molar-refractivity contribution is -0.143. The summed E-state index contributed by atoms with van der Waals surface area (Å²) >= 11 is 0. The Morgan fingerprint density at radius 1 is 1.27 bits per heavy atom. The first-order chi connectivity index (χ1) is 10.3. The average molecular weight is 318 g/mol. The second-order valence-corrected chi connectivity index (χ2v) is 4.94. The summed E-state index contributed by atoms with van der Waals surface area (Å²) in [7, 11) is 1.51. The summed E-state index contributed by atoms with van der Waals surface area (Å²) in [5.74, 6) is 1.13. The van der Waals surface area contributed by atoms with Gasteiger partial charge in [0.05, 0.1) is 12.3 Å². The smallest absolute Gasteiger partial charge is 0.384 e. The van der Waals surface area contributed by atoms with Gasteiger partial charge in [-0.3, -0.25) is 0 Å². The molecule has 0 radical (unpaired) electrons. The first-order valence-electron chi connectivity index (χ1n) is 6.70. The summed E-state index contributed by atoms with van der Waals surface area (Å²) in [4.78, 5) is 4.19. The summed E-state index contributed by atoms with van der Waals surface area (Å²) in [5.41, 5.74) is 1.37. The minimum absolute atomic E-state index is 0.192. The number of halogens is 3. The number of nitrogens with zero attached hydrogens (tertiary/aromatic N) is 4. The van der Waals surface area contributed by atoms with Crippen molar-refractivity contribution in [1.82, 2.24) is 19.9 Å². The van der Waals surface area contributed by atoms with E-state index in [-0.39, 0.29) is 12.2 Å². The van der Waals surface area contributed by atoms with E-state index in [1.165, 1.54) is 7.11 Å². The number of hydrogen-bond donors (Lipinski definition) is 0. The van der Waals surface area contributed by atoms with Crippen LogP contribution in [0.1, 0.15) is 28.7 Å². The summed E-state index contributed by atoms with van der Waals surface area (Å²) in [6, 6.07) is 0. The van der Waals surface area contributed by atoms with Crippen molar-refractivity contribution < 1.29 is 22.4 Å². The van der Waals surface area contributed by atoms with Crippen LogP contribution in [0.4, 0.5) is 13.2 Å². The number of hydrogen-bond acceptors (Lipinski definition) is 5. The Morgan fingerprint density at radius 3 is 2.55 bits per heavy atom. The molecule has 22 heavy (non-hydrogen) atoms. The van der Waals surface area contributed by atoms with Crippen LogP contribution in [0.2, 0.25) is 0 Å². The van der Waals surface area contributed by atoms with E-state index in [1.807, 2.05) is 0 Å². The fourth-order valence-corrected chi connectivity index (χ4v) is 2.06. The Hall–Kier alpha value is -1.90. The number of ether oxygens (including phenoxy) is 1. The van der Waals surface area contributed by atoms with Gasteiger partial charge in [0.15, 0.2) is 5.82 Å². The lowest BCUT2D eigenvalue weighted by atomic mass is 10.1. The summed E-state index contributed by atoms with van der Waals surface area (Å²) in [6.45, 7) is 2.63.